The average molecular weight is 264 g/mol. The Morgan fingerprint density at radius 3 is 2.89 bits per heavy atom. The topological polar surface area (TPSA) is 45.6 Å². The summed E-state index contributed by atoms with van der Waals surface area (Å²) in [5.74, 6) is 0. The lowest BCUT2D eigenvalue weighted by Gasteiger charge is -2.32. The third kappa shape index (κ3) is 3.75. The molecule has 1 saturated heterocycles. The summed E-state index contributed by atoms with van der Waals surface area (Å²) >= 11 is 0. The number of aliphatic hydroxyl groups excluding tert-OH is 1. The average Bonchev–Trinajstić information content (AvgIpc) is 2.87. The molecule has 1 fully saturated rings. The molecule has 0 amide bonds. The molecule has 106 valence electrons. The highest BCUT2D eigenvalue weighted by Gasteiger charge is 2.35. The molecule has 0 radical (unpaired) electrons. The molecule has 4 heteroatoms. The molecule has 0 spiro atoms. The maximum absolute atomic E-state index is 9.65. The molecule has 1 aromatic rings. The van der Waals surface area contributed by atoms with E-state index < -0.39 is 0 Å². The molecule has 0 aromatic carbocycles. The Kier molecular flexibility index (Phi) is 4.91. The first-order valence-corrected chi connectivity index (χ1v) is 7.01. The largest absolute Gasteiger partial charge is 0.396 e. The van der Waals surface area contributed by atoms with Crippen LogP contribution in [0.1, 0.15) is 24.7 Å². The molecule has 0 aliphatic carbocycles. The van der Waals surface area contributed by atoms with Gasteiger partial charge in [0.05, 0.1) is 18.9 Å². The van der Waals surface area contributed by atoms with E-state index in [1.807, 2.05) is 19.1 Å². The van der Waals surface area contributed by atoms with E-state index >= 15 is 0 Å². The van der Waals surface area contributed by atoms with Crippen LogP contribution in [-0.4, -0.2) is 47.9 Å². The van der Waals surface area contributed by atoms with Gasteiger partial charge in [-0.1, -0.05) is 13.0 Å². The van der Waals surface area contributed by atoms with Crippen molar-refractivity contribution in [1.82, 2.24) is 9.88 Å². The summed E-state index contributed by atoms with van der Waals surface area (Å²) in [6, 6.07) is 6.12. The summed E-state index contributed by atoms with van der Waals surface area (Å²) in [6.45, 7) is 8.45. The molecule has 1 atom stereocenters. The third-order valence-electron chi connectivity index (χ3n) is 3.86. The van der Waals surface area contributed by atoms with Crippen LogP contribution in [0.15, 0.2) is 18.2 Å². The van der Waals surface area contributed by atoms with Gasteiger partial charge in [0.25, 0.3) is 0 Å². The SMILES string of the molecule is CCN(Cc1cccc(C)n1)CC1(CO)CCOC1. The minimum absolute atomic E-state index is 0.0835. The molecule has 0 bridgehead atoms. The molecule has 1 aliphatic rings. The van der Waals surface area contributed by atoms with Gasteiger partial charge in [-0.15, -0.1) is 0 Å². The fourth-order valence-electron chi connectivity index (χ4n) is 2.62. The van der Waals surface area contributed by atoms with Crippen molar-refractivity contribution in [3.05, 3.63) is 29.6 Å². The maximum Gasteiger partial charge on any atom is 0.0557 e. The molecule has 1 unspecified atom stereocenters. The Bertz CT molecular complexity index is 403. The number of ether oxygens (including phenoxy) is 1. The highest BCUT2D eigenvalue weighted by atomic mass is 16.5. The van der Waals surface area contributed by atoms with E-state index in [9.17, 15) is 5.11 Å². The number of hydrogen-bond acceptors (Lipinski definition) is 4. The monoisotopic (exact) mass is 264 g/mol. The zero-order chi connectivity index (χ0) is 13.7. The molecule has 0 saturated carbocycles. The van der Waals surface area contributed by atoms with E-state index in [0.717, 1.165) is 44.0 Å². The number of aromatic nitrogens is 1. The fourth-order valence-corrected chi connectivity index (χ4v) is 2.62. The van der Waals surface area contributed by atoms with E-state index in [1.165, 1.54) is 0 Å². The van der Waals surface area contributed by atoms with Crippen LogP contribution in [0, 0.1) is 12.3 Å². The van der Waals surface area contributed by atoms with Gasteiger partial charge in [0.1, 0.15) is 0 Å². The van der Waals surface area contributed by atoms with Crippen molar-refractivity contribution in [2.45, 2.75) is 26.8 Å². The summed E-state index contributed by atoms with van der Waals surface area (Å²) in [4.78, 5) is 6.89. The zero-order valence-corrected chi connectivity index (χ0v) is 11.9. The van der Waals surface area contributed by atoms with Gasteiger partial charge < -0.3 is 9.84 Å². The highest BCUT2D eigenvalue weighted by molar-refractivity contribution is 5.09. The first-order chi connectivity index (χ1) is 9.17. The van der Waals surface area contributed by atoms with Gasteiger partial charge in [0.15, 0.2) is 0 Å². The van der Waals surface area contributed by atoms with Crippen molar-refractivity contribution >= 4 is 0 Å². The van der Waals surface area contributed by atoms with Crippen LogP contribution in [0.3, 0.4) is 0 Å². The Labute approximate surface area is 115 Å². The van der Waals surface area contributed by atoms with Crippen LogP contribution in [0.5, 0.6) is 0 Å². The standard InChI is InChI=1S/C15H24N2O2/c1-3-17(9-14-6-4-5-13(2)16-14)10-15(11-18)7-8-19-12-15/h4-6,18H,3,7-12H2,1-2H3. The normalized spacial score (nSPS) is 23.2. The fraction of sp³-hybridized carbons (Fsp3) is 0.667. The van der Waals surface area contributed by atoms with Gasteiger partial charge in [0.2, 0.25) is 0 Å². The highest BCUT2D eigenvalue weighted by Crippen LogP contribution is 2.29. The van der Waals surface area contributed by atoms with Crippen molar-refractivity contribution in [2.24, 2.45) is 5.41 Å². The van der Waals surface area contributed by atoms with Crippen molar-refractivity contribution in [1.29, 1.82) is 0 Å². The number of aryl methyl sites for hydroxylation is 1. The van der Waals surface area contributed by atoms with Gasteiger partial charge in [-0.25, -0.2) is 0 Å². The van der Waals surface area contributed by atoms with Gasteiger partial charge >= 0.3 is 0 Å². The van der Waals surface area contributed by atoms with Crippen LogP contribution in [-0.2, 0) is 11.3 Å². The van der Waals surface area contributed by atoms with E-state index in [-0.39, 0.29) is 12.0 Å². The lowest BCUT2D eigenvalue weighted by Crippen LogP contribution is -2.40. The summed E-state index contributed by atoms with van der Waals surface area (Å²) < 4.78 is 5.46. The molecule has 1 aromatic heterocycles. The summed E-state index contributed by atoms with van der Waals surface area (Å²) in [7, 11) is 0. The molecule has 1 N–H and O–H groups in total. The predicted octanol–water partition coefficient (Wildman–Crippen LogP) is 1.61. The smallest absolute Gasteiger partial charge is 0.0557 e. The Hall–Kier alpha value is -0.970. The Balaban J connectivity index is 2.00. The molecule has 2 heterocycles. The first kappa shape index (κ1) is 14.4. The van der Waals surface area contributed by atoms with Crippen LogP contribution < -0.4 is 0 Å². The van der Waals surface area contributed by atoms with Crippen LogP contribution in [0.4, 0.5) is 0 Å². The summed E-state index contributed by atoms with van der Waals surface area (Å²) in [5.41, 5.74) is 2.06. The number of nitrogens with zero attached hydrogens (tertiary/aromatic N) is 2. The maximum atomic E-state index is 9.65. The molecular formula is C15H24N2O2. The van der Waals surface area contributed by atoms with E-state index in [4.69, 9.17) is 4.74 Å². The van der Waals surface area contributed by atoms with Crippen molar-refractivity contribution in [3.63, 3.8) is 0 Å². The predicted molar refractivity (Wildman–Crippen MR) is 74.9 cm³/mol. The number of rotatable bonds is 6. The second kappa shape index (κ2) is 6.46. The van der Waals surface area contributed by atoms with Gasteiger partial charge in [-0.05, 0) is 32.0 Å². The quantitative estimate of drug-likeness (QED) is 0.848. The number of pyridine rings is 1. The molecule has 19 heavy (non-hydrogen) atoms. The summed E-state index contributed by atoms with van der Waals surface area (Å²) in [6.07, 6.45) is 0.946. The van der Waals surface area contributed by atoms with E-state index in [1.54, 1.807) is 0 Å². The van der Waals surface area contributed by atoms with Gasteiger partial charge in [-0.2, -0.15) is 0 Å². The Morgan fingerprint density at radius 1 is 1.47 bits per heavy atom. The van der Waals surface area contributed by atoms with Crippen LogP contribution in [0.2, 0.25) is 0 Å². The molecule has 4 nitrogen and oxygen atoms in total. The van der Waals surface area contributed by atoms with E-state index in [0.29, 0.717) is 6.61 Å². The lowest BCUT2D eigenvalue weighted by molar-refractivity contribution is 0.0555. The van der Waals surface area contributed by atoms with Crippen molar-refractivity contribution in [3.8, 4) is 0 Å². The molecule has 1 aliphatic heterocycles. The second-order valence-corrected chi connectivity index (χ2v) is 5.53. The minimum atomic E-state index is -0.0835. The van der Waals surface area contributed by atoms with Crippen molar-refractivity contribution < 1.29 is 9.84 Å². The number of hydrogen-bond donors (Lipinski definition) is 1. The first-order valence-electron chi connectivity index (χ1n) is 7.01. The van der Waals surface area contributed by atoms with Gasteiger partial charge in [-0.3, -0.25) is 9.88 Å². The molecular weight excluding hydrogens is 240 g/mol. The molecule has 2 rings (SSSR count). The third-order valence-corrected chi connectivity index (χ3v) is 3.86. The van der Waals surface area contributed by atoms with Gasteiger partial charge in [0, 0.05) is 30.8 Å². The minimum Gasteiger partial charge on any atom is -0.396 e. The van der Waals surface area contributed by atoms with Crippen LogP contribution >= 0.6 is 0 Å². The Morgan fingerprint density at radius 2 is 2.32 bits per heavy atom. The second-order valence-electron chi connectivity index (χ2n) is 5.53. The summed E-state index contributed by atoms with van der Waals surface area (Å²) in [5, 5.41) is 9.65. The zero-order valence-electron chi connectivity index (χ0n) is 11.9. The van der Waals surface area contributed by atoms with Crippen molar-refractivity contribution in [2.75, 3.05) is 32.9 Å². The lowest BCUT2D eigenvalue weighted by atomic mass is 9.87. The number of aliphatic hydroxyl groups is 1. The van der Waals surface area contributed by atoms with E-state index in [2.05, 4.69) is 22.9 Å². The van der Waals surface area contributed by atoms with Crippen LogP contribution in [0.25, 0.3) is 0 Å².